The second kappa shape index (κ2) is 14.3. The van der Waals surface area contributed by atoms with Crippen LogP contribution in [0.4, 0.5) is 0 Å². The van der Waals surface area contributed by atoms with Gasteiger partial charge in [-0.15, -0.1) is 0 Å². The molecule has 3 aliphatic carbocycles. The van der Waals surface area contributed by atoms with Gasteiger partial charge in [0.25, 0.3) is 0 Å². The summed E-state index contributed by atoms with van der Waals surface area (Å²) < 4.78 is 31.6. The molecule has 4 bridgehead atoms. The van der Waals surface area contributed by atoms with E-state index < -0.39 is 83.3 Å². The minimum atomic E-state index is -1.81. The number of carbonyl (C=O) groups is 3. The van der Waals surface area contributed by atoms with E-state index >= 15 is 0 Å². The van der Waals surface area contributed by atoms with Crippen molar-refractivity contribution in [1.29, 1.82) is 0 Å². The van der Waals surface area contributed by atoms with Crippen molar-refractivity contribution < 1.29 is 63.6 Å². The van der Waals surface area contributed by atoms with Crippen LogP contribution in [0.25, 0.3) is 6.08 Å². The lowest BCUT2D eigenvalue weighted by molar-refractivity contribution is -0.291. The molecule has 1 aromatic carbocycles. The van der Waals surface area contributed by atoms with Gasteiger partial charge in [0.1, 0.15) is 52.8 Å². The minimum absolute atomic E-state index is 0.00607. The van der Waals surface area contributed by atoms with E-state index in [9.17, 15) is 39.9 Å². The largest absolute Gasteiger partial charge is 0.506 e. The average Bonchev–Trinajstić information content (AvgIpc) is 3.30. The summed E-state index contributed by atoms with van der Waals surface area (Å²) in [5.74, 6) is -2.70. The molecule has 13 nitrogen and oxygen atoms in total. The highest BCUT2D eigenvalue weighted by Gasteiger charge is 2.81. The number of aliphatic hydroxyl groups excluding tert-OH is 4. The number of fused-ring (bicyclic) bond motifs is 2. The minimum Gasteiger partial charge on any atom is -0.506 e. The fourth-order valence-electron chi connectivity index (χ4n) is 9.53. The Morgan fingerprint density at radius 3 is 2.32 bits per heavy atom. The Balaban J connectivity index is 1.31. The van der Waals surface area contributed by atoms with Gasteiger partial charge >= 0.3 is 5.97 Å². The Kier molecular flexibility index (Phi) is 10.3. The second-order valence-corrected chi connectivity index (χ2v) is 17.6. The zero-order valence-electron chi connectivity index (χ0n) is 33.8. The summed E-state index contributed by atoms with van der Waals surface area (Å²) in [7, 11) is 0. The van der Waals surface area contributed by atoms with Crippen LogP contribution >= 0.6 is 0 Å². The maximum absolute atomic E-state index is 15.0. The molecule has 1 spiro atoms. The molecule has 1 saturated carbocycles. The molecule has 0 radical (unpaired) electrons. The third-order valence-electron chi connectivity index (χ3n) is 12.5. The normalized spacial score (nSPS) is 35.6. The van der Waals surface area contributed by atoms with Crippen LogP contribution in [0.15, 0.2) is 52.7 Å². The van der Waals surface area contributed by atoms with E-state index in [1.807, 2.05) is 60.6 Å². The standard InChI is InChI=1S/C44H54O13/c1-21(2)10-9-15-42(8)16-14-25-31(46)30-32(47)27-18-24-19-29-41(6,7)57-43(38(24)51,44(27,29)56-37(30)26(36(25)55-42)12-11-22(3)4)17-13-23(5)39(52)54-40-35(50)34(49)33(48)28(20-45)53-40/h10-11,13-14,16,18,24,28-29,33-35,40,45-46,48-50H,9,12,15,17,19-20H2,1-8H3/b23-13-/t24-,28-,29+,33-,34+,35-,40+,42-,43+,44-/m1/s1. The van der Waals surface area contributed by atoms with E-state index in [1.54, 1.807) is 12.2 Å². The summed E-state index contributed by atoms with van der Waals surface area (Å²) in [5, 5.41) is 52.4. The number of rotatable bonds is 10. The Labute approximate surface area is 332 Å². The molecule has 8 rings (SSSR count). The summed E-state index contributed by atoms with van der Waals surface area (Å²) in [4.78, 5) is 43.1. The molecule has 1 aromatic rings. The summed E-state index contributed by atoms with van der Waals surface area (Å²) in [6, 6.07) is 0. The number of aliphatic hydroxyl groups is 4. The molecule has 10 atom stereocenters. The highest BCUT2D eigenvalue weighted by Crippen LogP contribution is 2.68. The third-order valence-corrected chi connectivity index (χ3v) is 12.5. The van der Waals surface area contributed by atoms with Crippen molar-refractivity contribution in [3.8, 4) is 17.2 Å². The Hall–Kier alpha value is -4.11. The molecule has 0 amide bonds. The van der Waals surface area contributed by atoms with Gasteiger partial charge in [0, 0.05) is 35.0 Å². The van der Waals surface area contributed by atoms with Crippen LogP contribution in [-0.4, -0.2) is 103 Å². The van der Waals surface area contributed by atoms with E-state index in [0.717, 1.165) is 12.0 Å². The second-order valence-electron chi connectivity index (χ2n) is 17.6. The van der Waals surface area contributed by atoms with Gasteiger partial charge in [-0.3, -0.25) is 9.59 Å². The number of ketones is 2. The van der Waals surface area contributed by atoms with Crippen LogP contribution < -0.4 is 9.47 Å². The zero-order chi connectivity index (χ0) is 41.6. The van der Waals surface area contributed by atoms with Gasteiger partial charge in [0.15, 0.2) is 22.8 Å². The summed E-state index contributed by atoms with van der Waals surface area (Å²) in [6.07, 6.45) is 4.61. The molecule has 4 aliphatic heterocycles. The van der Waals surface area contributed by atoms with Crippen LogP contribution in [0.5, 0.6) is 17.2 Å². The topological polar surface area (TPSA) is 199 Å². The highest BCUT2D eigenvalue weighted by atomic mass is 16.7. The van der Waals surface area contributed by atoms with Gasteiger partial charge in [-0.05, 0) is 93.2 Å². The lowest BCUT2D eigenvalue weighted by atomic mass is 9.51. The SMILES string of the molecule is CC(C)=CCC[C@]1(C)C=Cc2c(O)c3c(c(CC=C(C)C)c2O1)O[C@]12C(=C[C@@H]4C[C@H]1C(C)(C)O[C@@]2(C/C=C(/C)C(=O)O[C@@H]1O[C@H](CO)[C@@H](O)[C@H](O)[C@H]1O)C4=O)C3=O. The number of carbonyl (C=O) groups excluding carboxylic acids is 3. The molecular weight excluding hydrogens is 736 g/mol. The van der Waals surface area contributed by atoms with Gasteiger partial charge in [0.05, 0.1) is 17.8 Å². The molecule has 5 N–H and O–H groups in total. The van der Waals surface area contributed by atoms with Crippen molar-refractivity contribution >= 4 is 23.6 Å². The molecule has 3 fully saturated rings. The van der Waals surface area contributed by atoms with Crippen molar-refractivity contribution in [3.63, 3.8) is 0 Å². The summed E-state index contributed by atoms with van der Waals surface area (Å²) in [5.41, 5.74) is -1.83. The van der Waals surface area contributed by atoms with E-state index in [2.05, 4.69) is 6.08 Å². The first-order chi connectivity index (χ1) is 26.7. The molecule has 2 saturated heterocycles. The van der Waals surface area contributed by atoms with E-state index in [1.165, 1.54) is 18.6 Å². The van der Waals surface area contributed by atoms with Crippen LogP contribution in [0, 0.1) is 11.8 Å². The number of ether oxygens (including phenoxy) is 5. The fourth-order valence-corrected chi connectivity index (χ4v) is 9.53. The van der Waals surface area contributed by atoms with E-state index in [4.69, 9.17) is 23.7 Å². The van der Waals surface area contributed by atoms with Gasteiger partial charge in [0.2, 0.25) is 6.29 Å². The number of phenolic OH excluding ortho intramolecular Hbond substituents is 1. The maximum atomic E-state index is 15.0. The van der Waals surface area contributed by atoms with Crippen LogP contribution in [0.3, 0.4) is 0 Å². The molecule has 308 valence electrons. The molecule has 7 aliphatic rings. The number of allylic oxidation sites excluding steroid dienone is 5. The van der Waals surface area contributed by atoms with Gasteiger partial charge in [-0.1, -0.05) is 35.5 Å². The fraction of sp³-hybridized carbons (Fsp3) is 0.568. The Bertz CT molecular complexity index is 2040. The van der Waals surface area contributed by atoms with Crippen LogP contribution in [0.1, 0.15) is 103 Å². The lowest BCUT2D eigenvalue weighted by Crippen LogP contribution is -2.72. The molecule has 4 heterocycles. The van der Waals surface area contributed by atoms with Crippen molar-refractivity contribution in [2.45, 2.75) is 141 Å². The Morgan fingerprint density at radius 2 is 1.65 bits per heavy atom. The molecule has 0 aromatic heterocycles. The number of benzene rings is 1. The summed E-state index contributed by atoms with van der Waals surface area (Å²) in [6.45, 7) is 14.4. The van der Waals surface area contributed by atoms with Gasteiger partial charge in [-0.25, -0.2) is 4.79 Å². The number of hydrogen-bond acceptors (Lipinski definition) is 13. The van der Waals surface area contributed by atoms with Crippen LogP contribution in [0.2, 0.25) is 0 Å². The monoisotopic (exact) mass is 790 g/mol. The number of phenols is 1. The quantitative estimate of drug-likeness (QED) is 0.126. The Morgan fingerprint density at radius 1 is 0.947 bits per heavy atom. The maximum Gasteiger partial charge on any atom is 0.335 e. The van der Waals surface area contributed by atoms with Crippen molar-refractivity contribution in [3.05, 3.63) is 69.4 Å². The molecule has 57 heavy (non-hydrogen) atoms. The van der Waals surface area contributed by atoms with Crippen molar-refractivity contribution in [1.82, 2.24) is 0 Å². The first-order valence-corrected chi connectivity index (χ1v) is 19.7. The summed E-state index contributed by atoms with van der Waals surface area (Å²) >= 11 is 0. The van der Waals surface area contributed by atoms with Crippen LogP contribution in [-0.2, 0) is 30.2 Å². The smallest absolute Gasteiger partial charge is 0.335 e. The predicted molar refractivity (Wildman–Crippen MR) is 206 cm³/mol. The lowest BCUT2D eigenvalue weighted by Gasteiger charge is -2.56. The zero-order valence-corrected chi connectivity index (χ0v) is 33.8. The first kappa shape index (κ1) is 41.1. The number of hydrogen-bond donors (Lipinski definition) is 5. The number of Topliss-reactive ketones (excluding diaryl/α,β-unsaturated/α-hetero) is 2. The number of aromatic hydroxyl groups is 1. The van der Waals surface area contributed by atoms with Crippen molar-refractivity contribution in [2.24, 2.45) is 11.8 Å². The highest BCUT2D eigenvalue weighted by molar-refractivity contribution is 6.19. The van der Waals surface area contributed by atoms with Gasteiger partial charge in [-0.2, -0.15) is 0 Å². The average molecular weight is 791 g/mol. The van der Waals surface area contributed by atoms with E-state index in [-0.39, 0.29) is 40.4 Å². The third kappa shape index (κ3) is 6.33. The molecule has 0 unspecified atom stereocenters. The first-order valence-electron chi connectivity index (χ1n) is 19.7. The van der Waals surface area contributed by atoms with E-state index in [0.29, 0.717) is 36.1 Å². The van der Waals surface area contributed by atoms with Gasteiger partial charge < -0.3 is 49.2 Å². The predicted octanol–water partition coefficient (Wildman–Crippen LogP) is 4.50. The van der Waals surface area contributed by atoms with Crippen molar-refractivity contribution in [2.75, 3.05) is 6.61 Å². The molecular formula is C44H54O13. The molecule has 13 heteroatoms. The number of esters is 1.